The summed E-state index contributed by atoms with van der Waals surface area (Å²) in [4.78, 5) is 24.8. The summed E-state index contributed by atoms with van der Waals surface area (Å²) in [5, 5.41) is 2.76. The van der Waals surface area contributed by atoms with Crippen molar-refractivity contribution >= 4 is 24.2 Å². The molecule has 1 saturated heterocycles. The van der Waals surface area contributed by atoms with Crippen LogP contribution in [0.2, 0.25) is 0 Å². The lowest BCUT2D eigenvalue weighted by atomic mass is 10.2. The number of hydrogen-bond acceptors (Lipinski definition) is 3. The van der Waals surface area contributed by atoms with Crippen molar-refractivity contribution in [3.8, 4) is 0 Å². The molecule has 1 fully saturated rings. The summed E-state index contributed by atoms with van der Waals surface area (Å²) in [6.45, 7) is 2.08. The van der Waals surface area contributed by atoms with Crippen molar-refractivity contribution in [3.05, 3.63) is 0 Å². The first kappa shape index (κ1) is 16.2. The lowest BCUT2D eigenvalue weighted by Crippen LogP contribution is -2.40. The molecule has 0 aliphatic carbocycles. The van der Waals surface area contributed by atoms with Gasteiger partial charge in [0.05, 0.1) is 6.54 Å². The normalized spacial score (nSPS) is 16.1. The smallest absolute Gasteiger partial charge is 0.239 e. The van der Waals surface area contributed by atoms with Crippen LogP contribution in [0.25, 0.3) is 0 Å². The monoisotopic (exact) mass is 263 g/mol. The van der Waals surface area contributed by atoms with Gasteiger partial charge in [0.15, 0.2) is 0 Å². The molecule has 0 atom stereocenters. The molecule has 0 radical (unpaired) electrons. The third kappa shape index (κ3) is 6.48. The summed E-state index contributed by atoms with van der Waals surface area (Å²) in [7, 11) is 0. The van der Waals surface area contributed by atoms with Crippen LogP contribution in [0.3, 0.4) is 0 Å². The largest absolute Gasteiger partial charge is 0.355 e. The van der Waals surface area contributed by atoms with Crippen molar-refractivity contribution in [2.24, 2.45) is 5.73 Å². The molecule has 0 aromatic heterocycles. The zero-order chi connectivity index (χ0) is 11.8. The molecule has 0 aromatic rings. The molecule has 0 bridgehead atoms. The summed E-state index contributed by atoms with van der Waals surface area (Å²) in [6, 6.07) is 0. The number of nitrogens with zero attached hydrogens (tertiary/aromatic N) is 1. The average molecular weight is 264 g/mol. The number of carbonyl (C=O) groups excluding carboxylic acids is 2. The van der Waals surface area contributed by atoms with E-state index in [1.165, 1.54) is 0 Å². The van der Waals surface area contributed by atoms with Crippen LogP contribution in [0.15, 0.2) is 0 Å². The van der Waals surface area contributed by atoms with Gasteiger partial charge in [-0.05, 0) is 25.8 Å². The van der Waals surface area contributed by atoms with E-state index in [-0.39, 0.29) is 30.8 Å². The second-order valence-electron chi connectivity index (χ2n) is 4.12. The Morgan fingerprint density at radius 2 is 2.12 bits per heavy atom. The first-order chi connectivity index (χ1) is 7.74. The van der Waals surface area contributed by atoms with Crippen molar-refractivity contribution in [1.29, 1.82) is 0 Å². The predicted molar refractivity (Wildman–Crippen MR) is 69.0 cm³/mol. The molecule has 1 aliphatic rings. The minimum absolute atomic E-state index is 0. The van der Waals surface area contributed by atoms with Gasteiger partial charge in [-0.25, -0.2) is 0 Å². The molecule has 0 spiro atoms. The highest BCUT2D eigenvalue weighted by molar-refractivity contribution is 5.85. The number of likely N-dealkylation sites (tertiary alicyclic amines) is 1. The molecule has 0 unspecified atom stereocenters. The van der Waals surface area contributed by atoms with Crippen LogP contribution in [0.5, 0.6) is 0 Å². The Morgan fingerprint density at radius 1 is 1.35 bits per heavy atom. The minimum atomic E-state index is -0.0799. The lowest BCUT2D eigenvalue weighted by molar-refractivity contribution is -0.135. The molecule has 2 amide bonds. The molecule has 100 valence electrons. The fraction of sp³-hybridized carbons (Fsp3) is 0.818. The van der Waals surface area contributed by atoms with Gasteiger partial charge < -0.3 is 16.0 Å². The molecule has 3 N–H and O–H groups in total. The molecule has 6 heteroatoms. The molecule has 0 saturated carbocycles. The highest BCUT2D eigenvalue weighted by Crippen LogP contribution is 2.10. The molecule has 0 aromatic carbocycles. The maximum atomic E-state index is 11.6. The number of amides is 2. The van der Waals surface area contributed by atoms with E-state index >= 15 is 0 Å². The highest BCUT2D eigenvalue weighted by Gasteiger charge is 2.18. The first-order valence-corrected chi connectivity index (χ1v) is 5.98. The molecule has 1 heterocycles. The summed E-state index contributed by atoms with van der Waals surface area (Å²) in [5.74, 6) is 0.0233. The van der Waals surface area contributed by atoms with Gasteiger partial charge in [-0.2, -0.15) is 0 Å². The van der Waals surface area contributed by atoms with E-state index in [1.54, 1.807) is 4.90 Å². The Balaban J connectivity index is 0.00000256. The van der Waals surface area contributed by atoms with Crippen molar-refractivity contribution in [2.45, 2.75) is 32.1 Å². The topological polar surface area (TPSA) is 75.4 Å². The third-order valence-corrected chi connectivity index (χ3v) is 2.71. The zero-order valence-electron chi connectivity index (χ0n) is 10.1. The van der Waals surface area contributed by atoms with Crippen LogP contribution < -0.4 is 11.1 Å². The molecular formula is C11H22ClN3O2. The van der Waals surface area contributed by atoms with Crippen molar-refractivity contribution in [1.82, 2.24) is 10.2 Å². The van der Waals surface area contributed by atoms with Crippen LogP contribution in [0.1, 0.15) is 32.1 Å². The Hall–Kier alpha value is -0.810. The fourth-order valence-electron chi connectivity index (χ4n) is 1.76. The van der Waals surface area contributed by atoms with Gasteiger partial charge in [0.2, 0.25) is 11.8 Å². The Bertz CT molecular complexity index is 249. The summed E-state index contributed by atoms with van der Waals surface area (Å²) in [5.41, 5.74) is 5.33. The minimum Gasteiger partial charge on any atom is -0.355 e. The standard InChI is InChI=1S/C11H21N3O2.ClH/c12-6-4-7-13-10(15)9-14-8-3-1-2-5-11(14)16;/h1-9,12H2,(H,13,15);1H. The van der Waals surface area contributed by atoms with Gasteiger partial charge in [0.25, 0.3) is 0 Å². The van der Waals surface area contributed by atoms with Crippen molar-refractivity contribution < 1.29 is 9.59 Å². The molecular weight excluding hydrogens is 242 g/mol. The highest BCUT2D eigenvalue weighted by atomic mass is 35.5. The van der Waals surface area contributed by atoms with Crippen LogP contribution in [0, 0.1) is 0 Å². The Labute approximate surface area is 109 Å². The van der Waals surface area contributed by atoms with Crippen LogP contribution >= 0.6 is 12.4 Å². The molecule has 5 nitrogen and oxygen atoms in total. The Kier molecular flexibility index (Phi) is 8.80. The lowest BCUT2D eigenvalue weighted by Gasteiger charge is -2.19. The van der Waals surface area contributed by atoms with Crippen LogP contribution in [-0.4, -0.2) is 42.9 Å². The summed E-state index contributed by atoms with van der Waals surface area (Å²) < 4.78 is 0. The molecule has 1 rings (SSSR count). The average Bonchev–Trinajstić information content (AvgIpc) is 2.45. The van der Waals surface area contributed by atoms with Gasteiger partial charge in [-0.3, -0.25) is 9.59 Å². The second kappa shape index (κ2) is 9.24. The van der Waals surface area contributed by atoms with E-state index in [4.69, 9.17) is 5.73 Å². The van der Waals surface area contributed by atoms with Crippen LogP contribution in [-0.2, 0) is 9.59 Å². The summed E-state index contributed by atoms with van der Waals surface area (Å²) >= 11 is 0. The second-order valence-corrected chi connectivity index (χ2v) is 4.12. The quantitative estimate of drug-likeness (QED) is 0.700. The number of nitrogens with one attached hydrogen (secondary N) is 1. The Morgan fingerprint density at radius 3 is 2.82 bits per heavy atom. The zero-order valence-corrected chi connectivity index (χ0v) is 10.9. The van der Waals surface area contributed by atoms with Gasteiger partial charge in [0.1, 0.15) is 0 Å². The van der Waals surface area contributed by atoms with Crippen molar-refractivity contribution in [3.63, 3.8) is 0 Å². The SMILES string of the molecule is Cl.NCCCNC(=O)CN1CCCCCC1=O. The van der Waals surface area contributed by atoms with E-state index in [1.807, 2.05) is 0 Å². The fourth-order valence-corrected chi connectivity index (χ4v) is 1.76. The van der Waals surface area contributed by atoms with Gasteiger partial charge in [-0.1, -0.05) is 6.42 Å². The van der Waals surface area contributed by atoms with E-state index in [9.17, 15) is 9.59 Å². The van der Waals surface area contributed by atoms with Crippen LogP contribution in [0.4, 0.5) is 0 Å². The summed E-state index contributed by atoms with van der Waals surface area (Å²) in [6.07, 6.45) is 4.39. The van der Waals surface area contributed by atoms with Crippen molar-refractivity contribution in [2.75, 3.05) is 26.2 Å². The van der Waals surface area contributed by atoms with E-state index in [0.29, 0.717) is 26.1 Å². The number of carbonyl (C=O) groups is 2. The van der Waals surface area contributed by atoms with Gasteiger partial charge in [0, 0.05) is 19.5 Å². The molecule has 17 heavy (non-hydrogen) atoms. The molecule has 1 aliphatic heterocycles. The third-order valence-electron chi connectivity index (χ3n) is 2.71. The maximum absolute atomic E-state index is 11.6. The van der Waals surface area contributed by atoms with E-state index in [0.717, 1.165) is 25.7 Å². The van der Waals surface area contributed by atoms with E-state index < -0.39 is 0 Å². The number of rotatable bonds is 5. The number of halogens is 1. The van der Waals surface area contributed by atoms with E-state index in [2.05, 4.69) is 5.32 Å². The predicted octanol–water partition coefficient (Wildman–Crippen LogP) is 0.276. The number of nitrogens with two attached hydrogens (primary N) is 1. The first-order valence-electron chi connectivity index (χ1n) is 5.98. The van der Waals surface area contributed by atoms with Gasteiger partial charge in [-0.15, -0.1) is 12.4 Å². The van der Waals surface area contributed by atoms with Gasteiger partial charge >= 0.3 is 0 Å². The number of hydrogen-bond donors (Lipinski definition) is 2. The maximum Gasteiger partial charge on any atom is 0.239 e.